The molecule has 34 heavy (non-hydrogen) atoms. The molecule has 0 radical (unpaired) electrons. The lowest BCUT2D eigenvalue weighted by molar-refractivity contribution is 0.0698. The number of pyridine rings is 1. The molecule has 4 nitrogen and oxygen atoms in total. The number of ether oxygens (including phenoxy) is 1. The first-order valence-electron chi connectivity index (χ1n) is 11.5. The number of hydrogen-bond donors (Lipinski definition) is 1. The summed E-state index contributed by atoms with van der Waals surface area (Å²) < 4.78 is 7.60. The molecule has 2 aromatic heterocycles. The molecule has 170 valence electrons. The quantitative estimate of drug-likeness (QED) is 0.264. The molecule has 0 aliphatic carbocycles. The SMILES string of the molecule is CCc1ccc(O[C@@H](CC)c2ccccc2)c2c(C(=O)O)cc(-c3csc4ccccc34)nc12. The van der Waals surface area contributed by atoms with Crippen molar-refractivity contribution in [2.24, 2.45) is 0 Å². The maximum atomic E-state index is 12.5. The predicted molar refractivity (Wildman–Crippen MR) is 139 cm³/mol. The molecule has 3 aromatic carbocycles. The minimum Gasteiger partial charge on any atom is -0.485 e. The van der Waals surface area contributed by atoms with Crippen LogP contribution in [-0.2, 0) is 6.42 Å². The predicted octanol–water partition coefficient (Wildman–Crippen LogP) is 7.91. The number of carbonyl (C=O) groups is 1. The number of aromatic nitrogens is 1. The van der Waals surface area contributed by atoms with Gasteiger partial charge in [-0.2, -0.15) is 0 Å². The second-order valence-electron chi connectivity index (χ2n) is 8.23. The van der Waals surface area contributed by atoms with Gasteiger partial charge in [0, 0.05) is 21.0 Å². The molecule has 0 bridgehead atoms. The molecule has 0 saturated carbocycles. The summed E-state index contributed by atoms with van der Waals surface area (Å²) >= 11 is 1.64. The summed E-state index contributed by atoms with van der Waals surface area (Å²) in [7, 11) is 0. The second-order valence-corrected chi connectivity index (χ2v) is 9.14. The minimum atomic E-state index is -0.987. The highest BCUT2D eigenvalue weighted by Crippen LogP contribution is 2.39. The Hall–Kier alpha value is -3.70. The van der Waals surface area contributed by atoms with E-state index in [2.05, 4.69) is 31.4 Å². The van der Waals surface area contributed by atoms with Gasteiger partial charge in [0.2, 0.25) is 0 Å². The second kappa shape index (κ2) is 9.27. The topological polar surface area (TPSA) is 59.4 Å². The zero-order chi connectivity index (χ0) is 23.7. The van der Waals surface area contributed by atoms with Gasteiger partial charge in [-0.1, -0.05) is 68.4 Å². The Kier molecular flexibility index (Phi) is 6.03. The Morgan fingerprint density at radius 1 is 1.03 bits per heavy atom. The van der Waals surface area contributed by atoms with Crippen molar-refractivity contribution in [3.63, 3.8) is 0 Å². The molecule has 5 rings (SSSR count). The third-order valence-corrected chi connectivity index (χ3v) is 7.15. The Morgan fingerprint density at radius 3 is 2.53 bits per heavy atom. The number of thiophene rings is 1. The van der Waals surface area contributed by atoms with E-state index in [1.54, 1.807) is 17.4 Å². The summed E-state index contributed by atoms with van der Waals surface area (Å²) in [6.07, 6.45) is 1.32. The van der Waals surface area contributed by atoms with Crippen molar-refractivity contribution in [1.29, 1.82) is 0 Å². The van der Waals surface area contributed by atoms with Gasteiger partial charge in [0.05, 0.1) is 22.2 Å². The van der Waals surface area contributed by atoms with Crippen molar-refractivity contribution in [2.45, 2.75) is 32.8 Å². The summed E-state index contributed by atoms with van der Waals surface area (Å²) in [6.45, 7) is 4.12. The number of benzene rings is 3. The van der Waals surface area contributed by atoms with E-state index >= 15 is 0 Å². The van der Waals surface area contributed by atoms with Crippen LogP contribution in [0, 0.1) is 0 Å². The van der Waals surface area contributed by atoms with E-state index in [0.29, 0.717) is 22.3 Å². The molecule has 0 fully saturated rings. The van der Waals surface area contributed by atoms with Gasteiger partial charge in [0.1, 0.15) is 11.9 Å². The summed E-state index contributed by atoms with van der Waals surface area (Å²) in [4.78, 5) is 17.5. The zero-order valence-electron chi connectivity index (χ0n) is 19.1. The Morgan fingerprint density at radius 2 is 1.79 bits per heavy atom. The van der Waals surface area contributed by atoms with Gasteiger partial charge in [0.15, 0.2) is 0 Å². The van der Waals surface area contributed by atoms with Crippen LogP contribution in [0.5, 0.6) is 5.75 Å². The molecular weight excluding hydrogens is 442 g/mol. The Labute approximate surface area is 202 Å². The molecule has 0 unspecified atom stereocenters. The van der Waals surface area contributed by atoms with Gasteiger partial charge in [-0.05, 0) is 42.2 Å². The summed E-state index contributed by atoms with van der Waals surface area (Å²) in [5.74, 6) is -0.437. The van der Waals surface area contributed by atoms with E-state index in [9.17, 15) is 9.90 Å². The van der Waals surface area contributed by atoms with Crippen molar-refractivity contribution in [1.82, 2.24) is 4.98 Å². The van der Waals surface area contributed by atoms with Gasteiger partial charge in [-0.25, -0.2) is 9.78 Å². The van der Waals surface area contributed by atoms with Crippen LogP contribution in [0.3, 0.4) is 0 Å². The lowest BCUT2D eigenvalue weighted by Gasteiger charge is -2.21. The molecule has 0 spiro atoms. The number of aromatic carboxylic acids is 1. The summed E-state index contributed by atoms with van der Waals surface area (Å²) in [5, 5.41) is 13.9. The van der Waals surface area contributed by atoms with Gasteiger partial charge in [-0.15, -0.1) is 11.3 Å². The molecule has 0 amide bonds. The molecule has 5 heteroatoms. The van der Waals surface area contributed by atoms with Gasteiger partial charge < -0.3 is 9.84 Å². The first-order valence-corrected chi connectivity index (χ1v) is 12.4. The standard InChI is InChI=1S/C29H25NO3S/c1-3-18-14-15-25(33-24(4-2)19-10-6-5-7-11-19)27-21(29(31)32)16-23(30-28(18)27)22-17-34-26-13-9-8-12-20(22)26/h5-17,24H,3-4H2,1-2H3,(H,31,32)/t24-/m0/s1. The van der Waals surface area contributed by atoms with Gasteiger partial charge in [-0.3, -0.25) is 0 Å². The average molecular weight is 468 g/mol. The first kappa shape index (κ1) is 22.1. The van der Waals surface area contributed by atoms with Crippen LogP contribution in [0.15, 0.2) is 78.2 Å². The maximum absolute atomic E-state index is 12.5. The minimum absolute atomic E-state index is 0.181. The highest BCUT2D eigenvalue weighted by molar-refractivity contribution is 7.17. The monoisotopic (exact) mass is 467 g/mol. The van der Waals surface area contributed by atoms with Crippen molar-refractivity contribution >= 4 is 38.3 Å². The smallest absolute Gasteiger partial charge is 0.336 e. The molecule has 1 atom stereocenters. The van der Waals surface area contributed by atoms with E-state index in [4.69, 9.17) is 9.72 Å². The first-order chi connectivity index (χ1) is 16.6. The fourth-order valence-corrected chi connectivity index (χ4v) is 5.39. The largest absolute Gasteiger partial charge is 0.485 e. The van der Waals surface area contributed by atoms with Crippen LogP contribution < -0.4 is 4.74 Å². The average Bonchev–Trinajstić information content (AvgIpc) is 3.31. The van der Waals surface area contributed by atoms with Crippen molar-refractivity contribution in [3.05, 3.63) is 94.9 Å². The third kappa shape index (κ3) is 3.93. The molecule has 0 aliphatic heterocycles. The number of nitrogens with zero attached hydrogens (tertiary/aromatic N) is 1. The van der Waals surface area contributed by atoms with E-state index in [1.165, 1.54) is 0 Å². The van der Waals surface area contributed by atoms with Crippen molar-refractivity contribution in [2.75, 3.05) is 0 Å². The van der Waals surface area contributed by atoms with E-state index in [-0.39, 0.29) is 11.7 Å². The van der Waals surface area contributed by atoms with E-state index in [0.717, 1.165) is 39.6 Å². The molecule has 0 saturated heterocycles. The number of carboxylic acids is 1. The third-order valence-electron chi connectivity index (χ3n) is 6.19. The van der Waals surface area contributed by atoms with Crippen LogP contribution in [-0.4, -0.2) is 16.1 Å². The summed E-state index contributed by atoms with van der Waals surface area (Å²) in [6, 6.07) is 23.7. The lowest BCUT2D eigenvalue weighted by Crippen LogP contribution is -2.09. The maximum Gasteiger partial charge on any atom is 0.336 e. The summed E-state index contributed by atoms with van der Waals surface area (Å²) in [5.41, 5.74) is 4.58. The highest BCUT2D eigenvalue weighted by atomic mass is 32.1. The normalized spacial score (nSPS) is 12.2. The van der Waals surface area contributed by atoms with Gasteiger partial charge >= 0.3 is 5.97 Å². The van der Waals surface area contributed by atoms with E-state index < -0.39 is 5.97 Å². The fraction of sp³-hybridized carbons (Fsp3) is 0.172. The number of aryl methyl sites for hydroxylation is 1. The molecular formula is C29H25NO3S. The number of rotatable bonds is 7. The van der Waals surface area contributed by atoms with Crippen LogP contribution in [0.1, 0.15) is 47.9 Å². The van der Waals surface area contributed by atoms with Crippen LogP contribution >= 0.6 is 11.3 Å². The van der Waals surface area contributed by atoms with Crippen LogP contribution in [0.2, 0.25) is 0 Å². The molecule has 5 aromatic rings. The van der Waals surface area contributed by atoms with Crippen LogP contribution in [0.25, 0.3) is 32.2 Å². The fourth-order valence-electron chi connectivity index (χ4n) is 4.44. The number of carboxylic acid groups (broad SMARTS) is 1. The highest BCUT2D eigenvalue weighted by Gasteiger charge is 2.22. The van der Waals surface area contributed by atoms with Crippen molar-refractivity contribution in [3.8, 4) is 17.0 Å². The number of hydrogen-bond acceptors (Lipinski definition) is 4. The molecule has 0 aliphatic rings. The van der Waals surface area contributed by atoms with E-state index in [1.807, 2.05) is 54.6 Å². The Balaban J connectivity index is 1.72. The zero-order valence-corrected chi connectivity index (χ0v) is 19.9. The lowest BCUT2D eigenvalue weighted by atomic mass is 9.99. The van der Waals surface area contributed by atoms with Crippen LogP contribution in [0.4, 0.5) is 0 Å². The Bertz CT molecular complexity index is 1490. The molecule has 1 N–H and O–H groups in total. The van der Waals surface area contributed by atoms with Crippen molar-refractivity contribution < 1.29 is 14.6 Å². The molecule has 2 heterocycles. The van der Waals surface area contributed by atoms with Gasteiger partial charge in [0.25, 0.3) is 0 Å². The number of fused-ring (bicyclic) bond motifs is 2.